The van der Waals surface area contributed by atoms with E-state index in [1.165, 1.54) is 0 Å². The third-order valence-electron chi connectivity index (χ3n) is 2.25. The summed E-state index contributed by atoms with van der Waals surface area (Å²) >= 11 is 5.76. The average Bonchev–Trinajstić information content (AvgIpc) is 2.41. The van der Waals surface area contributed by atoms with Crippen molar-refractivity contribution in [2.24, 2.45) is 0 Å². The van der Waals surface area contributed by atoms with Crippen LogP contribution < -0.4 is 4.74 Å². The van der Waals surface area contributed by atoms with E-state index in [0.29, 0.717) is 27.9 Å². The highest BCUT2D eigenvalue weighted by atomic mass is 35.5. The van der Waals surface area contributed by atoms with E-state index in [9.17, 15) is 0 Å². The Balaban J connectivity index is 2.25. The summed E-state index contributed by atoms with van der Waals surface area (Å²) in [5.74, 6) is 0.904. The average molecular weight is 261 g/mol. The predicted octanol–water partition coefficient (Wildman–Crippen LogP) is 2.89. The van der Waals surface area contributed by atoms with Crippen molar-refractivity contribution in [2.75, 3.05) is 0 Å². The molecule has 0 saturated heterocycles. The van der Waals surface area contributed by atoms with Gasteiger partial charge in [-0.05, 0) is 30.3 Å². The van der Waals surface area contributed by atoms with Crippen molar-refractivity contribution in [3.8, 4) is 17.7 Å². The Morgan fingerprint density at radius 2 is 1.94 bits per heavy atom. The third-order valence-corrected chi connectivity index (χ3v) is 2.51. The van der Waals surface area contributed by atoms with Gasteiger partial charge in [0.25, 0.3) is 0 Å². The Kier molecular flexibility index (Phi) is 3.78. The molecule has 5 heteroatoms. The number of nitrogens with zero attached hydrogens (tertiary/aromatic N) is 2. The van der Waals surface area contributed by atoms with Crippen molar-refractivity contribution in [3.05, 3.63) is 52.7 Å². The number of halogens is 1. The SMILES string of the molecule is N#Cc1ccc(Oc2ccc(Cl)cc2)nc1CO. The third kappa shape index (κ3) is 2.77. The second-order valence-electron chi connectivity index (χ2n) is 3.47. The largest absolute Gasteiger partial charge is 0.439 e. The summed E-state index contributed by atoms with van der Waals surface area (Å²) in [7, 11) is 0. The molecule has 2 aromatic rings. The molecule has 0 spiro atoms. The molecule has 18 heavy (non-hydrogen) atoms. The zero-order valence-corrected chi connectivity index (χ0v) is 10.1. The van der Waals surface area contributed by atoms with Gasteiger partial charge in [-0.2, -0.15) is 5.26 Å². The summed E-state index contributed by atoms with van der Waals surface area (Å²) in [5.41, 5.74) is 0.630. The summed E-state index contributed by atoms with van der Waals surface area (Å²) in [6.07, 6.45) is 0. The molecule has 90 valence electrons. The van der Waals surface area contributed by atoms with Crippen molar-refractivity contribution < 1.29 is 9.84 Å². The van der Waals surface area contributed by atoms with Crippen LogP contribution in [0, 0.1) is 11.3 Å². The van der Waals surface area contributed by atoms with Crippen LogP contribution in [0.15, 0.2) is 36.4 Å². The number of aliphatic hydroxyl groups excluding tert-OH is 1. The highest BCUT2D eigenvalue weighted by Gasteiger charge is 2.06. The fraction of sp³-hybridized carbons (Fsp3) is 0.0769. The Hall–Kier alpha value is -2.09. The number of aliphatic hydroxyl groups is 1. The van der Waals surface area contributed by atoms with Gasteiger partial charge in [0.2, 0.25) is 5.88 Å². The molecule has 0 bridgehead atoms. The fourth-order valence-corrected chi connectivity index (χ4v) is 1.51. The number of aromatic nitrogens is 1. The molecule has 0 unspecified atom stereocenters. The number of hydrogen-bond acceptors (Lipinski definition) is 4. The van der Waals surface area contributed by atoms with Crippen LogP contribution in [0.4, 0.5) is 0 Å². The summed E-state index contributed by atoms with van der Waals surface area (Å²) < 4.78 is 5.49. The van der Waals surface area contributed by atoms with Crippen LogP contribution in [0.1, 0.15) is 11.3 Å². The van der Waals surface area contributed by atoms with Crippen molar-refractivity contribution in [3.63, 3.8) is 0 Å². The minimum atomic E-state index is -0.305. The number of pyridine rings is 1. The summed E-state index contributed by atoms with van der Waals surface area (Å²) in [6.45, 7) is -0.305. The lowest BCUT2D eigenvalue weighted by molar-refractivity contribution is 0.275. The molecule has 2 rings (SSSR count). The summed E-state index contributed by atoms with van der Waals surface area (Å²) in [5, 5.41) is 18.5. The van der Waals surface area contributed by atoms with Crippen LogP contribution in [0.2, 0.25) is 5.02 Å². The fourth-order valence-electron chi connectivity index (χ4n) is 1.38. The van der Waals surface area contributed by atoms with Gasteiger partial charge in [0, 0.05) is 11.1 Å². The topological polar surface area (TPSA) is 66.1 Å². The van der Waals surface area contributed by atoms with E-state index in [1.54, 1.807) is 36.4 Å². The van der Waals surface area contributed by atoms with E-state index in [1.807, 2.05) is 6.07 Å². The van der Waals surface area contributed by atoms with Gasteiger partial charge in [0.05, 0.1) is 17.9 Å². The number of hydrogen-bond donors (Lipinski definition) is 1. The van der Waals surface area contributed by atoms with Gasteiger partial charge < -0.3 is 9.84 Å². The van der Waals surface area contributed by atoms with Crippen LogP contribution in [0.25, 0.3) is 0 Å². The van der Waals surface area contributed by atoms with E-state index in [-0.39, 0.29) is 6.61 Å². The zero-order valence-electron chi connectivity index (χ0n) is 9.30. The smallest absolute Gasteiger partial charge is 0.219 e. The van der Waals surface area contributed by atoms with Crippen molar-refractivity contribution >= 4 is 11.6 Å². The number of benzene rings is 1. The second kappa shape index (κ2) is 5.50. The van der Waals surface area contributed by atoms with Crippen LogP contribution in [0.3, 0.4) is 0 Å². The van der Waals surface area contributed by atoms with E-state index < -0.39 is 0 Å². The molecule has 0 aliphatic carbocycles. The maximum Gasteiger partial charge on any atom is 0.219 e. The normalized spacial score (nSPS) is 9.83. The quantitative estimate of drug-likeness (QED) is 0.921. The first-order chi connectivity index (χ1) is 8.72. The second-order valence-corrected chi connectivity index (χ2v) is 3.91. The van der Waals surface area contributed by atoms with E-state index >= 15 is 0 Å². The minimum absolute atomic E-state index is 0.295. The first-order valence-electron chi connectivity index (χ1n) is 5.17. The standard InChI is InChI=1S/C13H9ClN2O2/c14-10-2-4-11(5-3-10)18-13-6-1-9(7-15)12(8-17)16-13/h1-6,17H,8H2. The van der Waals surface area contributed by atoms with Gasteiger partial charge in [0.15, 0.2) is 0 Å². The van der Waals surface area contributed by atoms with Gasteiger partial charge in [-0.3, -0.25) is 0 Å². The molecule has 0 fully saturated rings. The molecule has 0 aliphatic rings. The lowest BCUT2D eigenvalue weighted by atomic mass is 10.2. The van der Waals surface area contributed by atoms with Crippen LogP contribution in [0.5, 0.6) is 11.6 Å². The van der Waals surface area contributed by atoms with Crippen molar-refractivity contribution in [1.82, 2.24) is 4.98 Å². The predicted molar refractivity (Wildman–Crippen MR) is 66.4 cm³/mol. The van der Waals surface area contributed by atoms with Gasteiger partial charge in [-0.15, -0.1) is 0 Å². The van der Waals surface area contributed by atoms with Gasteiger partial charge in [-0.25, -0.2) is 4.98 Å². The van der Waals surface area contributed by atoms with Crippen LogP contribution in [-0.4, -0.2) is 10.1 Å². The molecule has 0 amide bonds. The Bertz CT molecular complexity index is 591. The summed E-state index contributed by atoms with van der Waals surface area (Å²) in [6, 6.07) is 11.9. The highest BCUT2D eigenvalue weighted by Crippen LogP contribution is 2.22. The molecule has 0 saturated carbocycles. The highest BCUT2D eigenvalue weighted by molar-refractivity contribution is 6.30. The van der Waals surface area contributed by atoms with E-state index in [0.717, 1.165) is 0 Å². The Morgan fingerprint density at radius 1 is 1.22 bits per heavy atom. The zero-order chi connectivity index (χ0) is 13.0. The number of ether oxygens (including phenoxy) is 1. The molecule has 1 N–H and O–H groups in total. The molecule has 1 aromatic heterocycles. The summed E-state index contributed by atoms with van der Waals surface area (Å²) in [4.78, 5) is 4.05. The molecular formula is C13H9ClN2O2. The van der Waals surface area contributed by atoms with Gasteiger partial charge in [0.1, 0.15) is 11.8 Å². The van der Waals surface area contributed by atoms with Crippen LogP contribution >= 0.6 is 11.6 Å². The van der Waals surface area contributed by atoms with Crippen LogP contribution in [-0.2, 0) is 6.61 Å². The Morgan fingerprint density at radius 3 is 2.56 bits per heavy atom. The Labute approximate surface area is 109 Å². The molecule has 0 aliphatic heterocycles. The molecular weight excluding hydrogens is 252 g/mol. The maximum absolute atomic E-state index is 9.09. The first-order valence-corrected chi connectivity index (χ1v) is 5.55. The maximum atomic E-state index is 9.09. The monoisotopic (exact) mass is 260 g/mol. The molecule has 1 aromatic carbocycles. The van der Waals surface area contributed by atoms with Crippen molar-refractivity contribution in [2.45, 2.75) is 6.61 Å². The minimum Gasteiger partial charge on any atom is -0.439 e. The van der Waals surface area contributed by atoms with Gasteiger partial charge in [-0.1, -0.05) is 11.6 Å². The lowest BCUT2D eigenvalue weighted by Gasteiger charge is -2.06. The molecule has 1 heterocycles. The van der Waals surface area contributed by atoms with E-state index in [4.69, 9.17) is 26.7 Å². The molecule has 4 nitrogen and oxygen atoms in total. The first kappa shape index (κ1) is 12.4. The van der Waals surface area contributed by atoms with Crippen molar-refractivity contribution in [1.29, 1.82) is 5.26 Å². The lowest BCUT2D eigenvalue weighted by Crippen LogP contribution is -1.97. The number of nitriles is 1. The molecule has 0 radical (unpaired) electrons. The molecule has 0 atom stereocenters. The van der Waals surface area contributed by atoms with E-state index in [2.05, 4.69) is 4.98 Å². The van der Waals surface area contributed by atoms with Gasteiger partial charge >= 0.3 is 0 Å². The number of rotatable bonds is 3.